The van der Waals surface area contributed by atoms with Gasteiger partial charge in [0.05, 0.1) is 0 Å². The van der Waals surface area contributed by atoms with Crippen LogP contribution in [0.25, 0.3) is 33.8 Å². The van der Waals surface area contributed by atoms with Gasteiger partial charge < -0.3 is 5.11 Å². The second kappa shape index (κ2) is 5.29. The van der Waals surface area contributed by atoms with Crippen molar-refractivity contribution < 1.29 is 14.4 Å². The van der Waals surface area contributed by atoms with E-state index >= 15 is 0 Å². The summed E-state index contributed by atoms with van der Waals surface area (Å²) in [5.41, 5.74) is 1.83. The number of para-hydroxylation sites is 1. The molecule has 3 heteroatoms. The van der Waals surface area contributed by atoms with Crippen molar-refractivity contribution in [1.29, 1.82) is 0 Å². The number of phenols is 1. The number of hydrogen-bond donors (Lipinski definition) is 1. The standard InChI is InChI=1S/C20H15NO2/c1-21-18-9-5-4-8-17(18)20(23-21)13-11-16-15-7-3-2-6-14(15)10-12-19(16)22/h2-13H,1H3/p+1. The third-order valence-corrected chi connectivity index (χ3v) is 4.09. The maximum Gasteiger partial charge on any atom is 0.262 e. The quantitative estimate of drug-likeness (QED) is 0.561. The van der Waals surface area contributed by atoms with Crippen LogP contribution in [0.2, 0.25) is 0 Å². The van der Waals surface area contributed by atoms with E-state index in [-0.39, 0.29) is 5.75 Å². The maximum atomic E-state index is 10.2. The van der Waals surface area contributed by atoms with E-state index in [1.54, 1.807) is 10.8 Å². The molecule has 0 aliphatic rings. The van der Waals surface area contributed by atoms with Crippen LogP contribution in [0, 0.1) is 0 Å². The number of fused-ring (bicyclic) bond motifs is 2. The average molecular weight is 302 g/mol. The molecule has 0 radical (unpaired) electrons. The van der Waals surface area contributed by atoms with E-state index in [4.69, 9.17) is 4.52 Å². The highest BCUT2D eigenvalue weighted by Crippen LogP contribution is 2.29. The molecule has 0 unspecified atom stereocenters. The van der Waals surface area contributed by atoms with Gasteiger partial charge in [-0.3, -0.25) is 0 Å². The molecule has 112 valence electrons. The van der Waals surface area contributed by atoms with Gasteiger partial charge in [0.1, 0.15) is 11.1 Å². The molecule has 0 fully saturated rings. The Labute approximate surface area is 133 Å². The summed E-state index contributed by atoms with van der Waals surface area (Å²) in [7, 11) is 1.88. The molecule has 1 heterocycles. The first-order valence-electron chi connectivity index (χ1n) is 7.51. The summed E-state index contributed by atoms with van der Waals surface area (Å²) >= 11 is 0. The third kappa shape index (κ3) is 2.27. The molecule has 3 aromatic carbocycles. The minimum atomic E-state index is 0.264. The lowest BCUT2D eigenvalue weighted by atomic mass is 10.0. The van der Waals surface area contributed by atoms with Gasteiger partial charge in [0.25, 0.3) is 5.52 Å². The van der Waals surface area contributed by atoms with Gasteiger partial charge in [0.2, 0.25) is 5.76 Å². The summed E-state index contributed by atoms with van der Waals surface area (Å²) in [6, 6.07) is 19.7. The van der Waals surface area contributed by atoms with Crippen LogP contribution in [0.4, 0.5) is 0 Å². The smallest absolute Gasteiger partial charge is 0.262 e. The van der Waals surface area contributed by atoms with Crippen molar-refractivity contribution in [1.82, 2.24) is 0 Å². The highest BCUT2D eigenvalue weighted by atomic mass is 16.5. The molecule has 4 rings (SSSR count). The van der Waals surface area contributed by atoms with Crippen LogP contribution in [-0.2, 0) is 7.05 Å². The summed E-state index contributed by atoms with van der Waals surface area (Å²) in [6.07, 6.45) is 3.81. The number of phenolic OH excluding ortho intramolecular Hbond substituents is 1. The fourth-order valence-corrected chi connectivity index (χ4v) is 2.94. The largest absolute Gasteiger partial charge is 0.507 e. The summed E-state index contributed by atoms with van der Waals surface area (Å²) < 4.78 is 7.53. The van der Waals surface area contributed by atoms with E-state index in [0.717, 1.165) is 33.0 Å². The minimum Gasteiger partial charge on any atom is -0.507 e. The molecular weight excluding hydrogens is 286 g/mol. The lowest BCUT2D eigenvalue weighted by molar-refractivity contribution is -0.825. The number of aryl methyl sites for hydroxylation is 1. The van der Waals surface area contributed by atoms with Gasteiger partial charge in [-0.05, 0) is 39.8 Å². The fourth-order valence-electron chi connectivity index (χ4n) is 2.94. The first-order valence-corrected chi connectivity index (χ1v) is 7.51. The summed E-state index contributed by atoms with van der Waals surface area (Å²) in [5.74, 6) is 1.04. The van der Waals surface area contributed by atoms with E-state index < -0.39 is 0 Å². The molecule has 0 aliphatic heterocycles. The van der Waals surface area contributed by atoms with Crippen molar-refractivity contribution in [3.63, 3.8) is 0 Å². The Morgan fingerprint density at radius 1 is 0.870 bits per heavy atom. The Bertz CT molecular complexity index is 1040. The maximum absolute atomic E-state index is 10.2. The van der Waals surface area contributed by atoms with Crippen LogP contribution in [0.5, 0.6) is 5.75 Å². The second-order valence-electron chi connectivity index (χ2n) is 5.52. The van der Waals surface area contributed by atoms with Gasteiger partial charge >= 0.3 is 0 Å². The Morgan fingerprint density at radius 2 is 1.61 bits per heavy atom. The van der Waals surface area contributed by atoms with Gasteiger partial charge in [0, 0.05) is 11.6 Å². The average Bonchev–Trinajstić information content (AvgIpc) is 2.91. The van der Waals surface area contributed by atoms with E-state index in [9.17, 15) is 5.11 Å². The van der Waals surface area contributed by atoms with Crippen LogP contribution >= 0.6 is 0 Å². The third-order valence-electron chi connectivity index (χ3n) is 4.09. The van der Waals surface area contributed by atoms with Gasteiger partial charge in [-0.15, -0.1) is 0 Å². The molecule has 23 heavy (non-hydrogen) atoms. The first kappa shape index (κ1) is 13.6. The number of nitrogens with zero attached hydrogens (tertiary/aromatic N) is 1. The van der Waals surface area contributed by atoms with Crippen molar-refractivity contribution in [3.05, 3.63) is 72.0 Å². The van der Waals surface area contributed by atoms with Gasteiger partial charge in [-0.2, -0.15) is 0 Å². The molecule has 1 aromatic heterocycles. The Kier molecular flexibility index (Phi) is 3.12. The first-order chi connectivity index (χ1) is 11.2. The van der Waals surface area contributed by atoms with E-state index in [1.807, 2.05) is 73.8 Å². The van der Waals surface area contributed by atoms with Crippen molar-refractivity contribution >= 4 is 33.8 Å². The molecule has 0 amide bonds. The number of aromatic nitrogens is 1. The van der Waals surface area contributed by atoms with Gasteiger partial charge in [-0.25, -0.2) is 4.52 Å². The number of benzene rings is 3. The molecule has 0 saturated carbocycles. The summed E-state index contributed by atoms with van der Waals surface area (Å²) in [6.45, 7) is 0. The van der Waals surface area contributed by atoms with Crippen LogP contribution in [0.3, 0.4) is 0 Å². The molecular formula is C20H16NO2+. The monoisotopic (exact) mass is 302 g/mol. The highest BCUT2D eigenvalue weighted by Gasteiger charge is 2.15. The molecule has 1 N–H and O–H groups in total. The molecule has 4 aromatic rings. The predicted octanol–water partition coefficient (Wildman–Crippen LogP) is 4.29. The zero-order valence-electron chi connectivity index (χ0n) is 12.7. The Balaban J connectivity index is 1.87. The van der Waals surface area contributed by atoms with Crippen molar-refractivity contribution in [2.24, 2.45) is 7.05 Å². The molecule has 0 spiro atoms. The topological polar surface area (TPSA) is 37.2 Å². The van der Waals surface area contributed by atoms with Crippen LogP contribution in [0.15, 0.2) is 65.2 Å². The fraction of sp³-hybridized carbons (Fsp3) is 0.0500. The van der Waals surface area contributed by atoms with Gasteiger partial charge in [0.15, 0.2) is 7.05 Å². The Morgan fingerprint density at radius 3 is 2.48 bits per heavy atom. The summed E-state index contributed by atoms with van der Waals surface area (Å²) in [5, 5.41) is 13.4. The zero-order valence-corrected chi connectivity index (χ0v) is 12.7. The van der Waals surface area contributed by atoms with Gasteiger partial charge in [-0.1, -0.05) is 42.5 Å². The zero-order chi connectivity index (χ0) is 15.8. The minimum absolute atomic E-state index is 0.264. The number of hydrogen-bond acceptors (Lipinski definition) is 2. The van der Waals surface area contributed by atoms with Crippen LogP contribution in [0.1, 0.15) is 11.3 Å². The molecule has 0 atom stereocenters. The van der Waals surface area contributed by atoms with E-state index in [0.29, 0.717) is 0 Å². The molecule has 0 bridgehead atoms. The highest BCUT2D eigenvalue weighted by molar-refractivity contribution is 5.96. The number of rotatable bonds is 2. The molecule has 0 aliphatic carbocycles. The van der Waals surface area contributed by atoms with E-state index in [1.165, 1.54) is 0 Å². The predicted molar refractivity (Wildman–Crippen MR) is 91.9 cm³/mol. The Hall–Kier alpha value is -3.07. The lowest BCUT2D eigenvalue weighted by Crippen LogP contribution is -2.24. The SMILES string of the molecule is C[n+]1oc(/C=C/c2c(O)ccc3ccccc23)c2ccccc21. The number of aromatic hydroxyl groups is 1. The molecule has 3 nitrogen and oxygen atoms in total. The lowest BCUT2D eigenvalue weighted by Gasteiger charge is -2.04. The van der Waals surface area contributed by atoms with E-state index in [2.05, 4.69) is 0 Å². The van der Waals surface area contributed by atoms with Crippen LogP contribution < -0.4 is 4.74 Å². The van der Waals surface area contributed by atoms with Crippen molar-refractivity contribution in [2.75, 3.05) is 0 Å². The second-order valence-corrected chi connectivity index (χ2v) is 5.52. The van der Waals surface area contributed by atoms with Crippen molar-refractivity contribution in [3.8, 4) is 5.75 Å². The normalized spacial score (nSPS) is 11.7. The van der Waals surface area contributed by atoms with Crippen LogP contribution in [-0.4, -0.2) is 5.11 Å². The van der Waals surface area contributed by atoms with Crippen molar-refractivity contribution in [2.45, 2.75) is 0 Å². The molecule has 0 saturated heterocycles. The summed E-state index contributed by atoms with van der Waals surface area (Å²) in [4.78, 5) is 0.